The summed E-state index contributed by atoms with van der Waals surface area (Å²) in [7, 11) is 0. The number of ether oxygens (including phenoxy) is 2. The Balaban J connectivity index is 1.47. The van der Waals surface area contributed by atoms with Crippen LogP contribution in [-0.4, -0.2) is 43.4 Å². The van der Waals surface area contributed by atoms with Crippen LogP contribution in [-0.2, 0) is 22.3 Å². The topological polar surface area (TPSA) is 38.8 Å². The number of hydrogen-bond acceptors (Lipinski definition) is 3. The van der Waals surface area contributed by atoms with Crippen LogP contribution in [0.25, 0.3) is 0 Å². The molecule has 0 spiro atoms. The van der Waals surface area contributed by atoms with Crippen molar-refractivity contribution in [2.45, 2.75) is 44.8 Å². The molecule has 0 bridgehead atoms. The van der Waals surface area contributed by atoms with Gasteiger partial charge in [-0.05, 0) is 61.8 Å². The van der Waals surface area contributed by atoms with Crippen molar-refractivity contribution in [3.8, 4) is 0 Å². The van der Waals surface area contributed by atoms with Crippen molar-refractivity contribution in [3.63, 3.8) is 0 Å². The lowest BCUT2D eigenvalue weighted by Crippen LogP contribution is -2.43. The first-order valence-corrected chi connectivity index (χ1v) is 8.95. The Morgan fingerprint density at radius 3 is 2.65 bits per heavy atom. The van der Waals surface area contributed by atoms with Crippen LogP contribution in [0.3, 0.4) is 0 Å². The van der Waals surface area contributed by atoms with Crippen molar-refractivity contribution in [1.82, 2.24) is 4.90 Å². The maximum Gasteiger partial charge on any atom is 0.253 e. The summed E-state index contributed by atoms with van der Waals surface area (Å²) in [5, 5.41) is 0. The van der Waals surface area contributed by atoms with E-state index in [9.17, 15) is 4.79 Å². The third-order valence-electron chi connectivity index (χ3n) is 5.37. The summed E-state index contributed by atoms with van der Waals surface area (Å²) >= 11 is 0. The largest absolute Gasteiger partial charge is 0.350 e. The molecule has 1 amide bonds. The molecular weight excluding hydrogens is 290 g/mol. The number of benzene rings is 1. The van der Waals surface area contributed by atoms with Gasteiger partial charge in [0.2, 0.25) is 0 Å². The first kappa shape index (κ1) is 15.2. The number of amides is 1. The zero-order chi connectivity index (χ0) is 15.6. The van der Waals surface area contributed by atoms with Crippen molar-refractivity contribution in [3.05, 3.63) is 34.9 Å². The molecule has 1 atom stereocenters. The zero-order valence-corrected chi connectivity index (χ0v) is 13.6. The highest BCUT2D eigenvalue weighted by Gasteiger charge is 2.33. The minimum atomic E-state index is -0.117. The summed E-state index contributed by atoms with van der Waals surface area (Å²) in [4.78, 5) is 14.9. The molecule has 2 heterocycles. The summed E-state index contributed by atoms with van der Waals surface area (Å²) in [6.07, 6.45) is 6.79. The van der Waals surface area contributed by atoms with Crippen LogP contribution in [0.4, 0.5) is 0 Å². The van der Waals surface area contributed by atoms with Gasteiger partial charge < -0.3 is 14.4 Å². The van der Waals surface area contributed by atoms with Crippen molar-refractivity contribution in [1.29, 1.82) is 0 Å². The SMILES string of the molecule is O=C(c1ccc2c(c1)CCCC2)N1CCCC(C2OCCO2)C1. The van der Waals surface area contributed by atoms with E-state index in [2.05, 4.69) is 12.1 Å². The van der Waals surface area contributed by atoms with Crippen LogP contribution in [0, 0.1) is 5.92 Å². The Kier molecular flexibility index (Phi) is 4.36. The fraction of sp³-hybridized carbons (Fsp3) is 0.632. The standard InChI is InChI=1S/C19H25NO3/c21-18(16-8-7-14-4-1-2-5-15(14)12-16)20-9-3-6-17(13-20)19-22-10-11-23-19/h7-8,12,17,19H,1-6,9-11,13H2. The summed E-state index contributed by atoms with van der Waals surface area (Å²) < 4.78 is 11.3. The van der Waals surface area contributed by atoms with Crippen LogP contribution in [0.15, 0.2) is 18.2 Å². The van der Waals surface area contributed by atoms with E-state index in [4.69, 9.17) is 9.47 Å². The van der Waals surface area contributed by atoms with Gasteiger partial charge in [-0.25, -0.2) is 0 Å². The van der Waals surface area contributed by atoms with Crippen molar-refractivity contribution >= 4 is 5.91 Å². The van der Waals surface area contributed by atoms with Crippen LogP contribution < -0.4 is 0 Å². The van der Waals surface area contributed by atoms with Crippen LogP contribution in [0.5, 0.6) is 0 Å². The second-order valence-corrected chi connectivity index (χ2v) is 6.95. The lowest BCUT2D eigenvalue weighted by atomic mass is 9.90. The van der Waals surface area contributed by atoms with Crippen LogP contribution >= 0.6 is 0 Å². The molecule has 4 nitrogen and oxygen atoms in total. The number of carbonyl (C=O) groups excluding carboxylic acids is 1. The summed E-state index contributed by atoms with van der Waals surface area (Å²) in [6, 6.07) is 6.30. The van der Waals surface area contributed by atoms with E-state index in [-0.39, 0.29) is 12.2 Å². The van der Waals surface area contributed by atoms with Gasteiger partial charge in [-0.2, -0.15) is 0 Å². The van der Waals surface area contributed by atoms with E-state index in [1.165, 1.54) is 24.0 Å². The molecule has 1 aliphatic carbocycles. The Hall–Kier alpha value is -1.39. The number of carbonyl (C=O) groups is 1. The number of likely N-dealkylation sites (tertiary alicyclic amines) is 1. The van der Waals surface area contributed by atoms with Crippen molar-refractivity contribution < 1.29 is 14.3 Å². The van der Waals surface area contributed by atoms with E-state index in [1.807, 2.05) is 11.0 Å². The molecule has 0 radical (unpaired) electrons. The molecule has 23 heavy (non-hydrogen) atoms. The summed E-state index contributed by atoms with van der Waals surface area (Å²) in [5.41, 5.74) is 3.65. The predicted octanol–water partition coefficient (Wildman–Crippen LogP) is 2.79. The Bertz CT molecular complexity index is 580. The number of rotatable bonds is 2. The molecule has 0 N–H and O–H groups in total. The average molecular weight is 315 g/mol. The normalized spacial score (nSPS) is 25.4. The maximum absolute atomic E-state index is 12.9. The van der Waals surface area contributed by atoms with Gasteiger partial charge in [0.05, 0.1) is 13.2 Å². The highest BCUT2D eigenvalue weighted by atomic mass is 16.7. The molecule has 4 rings (SSSR count). The minimum absolute atomic E-state index is 0.117. The van der Waals surface area contributed by atoms with Gasteiger partial charge in [-0.1, -0.05) is 6.07 Å². The molecule has 1 unspecified atom stereocenters. The molecular formula is C19H25NO3. The number of aryl methyl sites for hydroxylation is 2. The zero-order valence-electron chi connectivity index (χ0n) is 13.6. The maximum atomic E-state index is 12.9. The molecule has 2 saturated heterocycles. The Morgan fingerprint density at radius 1 is 1.04 bits per heavy atom. The third-order valence-corrected chi connectivity index (χ3v) is 5.37. The first-order chi connectivity index (χ1) is 11.3. The summed E-state index contributed by atoms with van der Waals surface area (Å²) in [5.74, 6) is 0.480. The van der Waals surface area contributed by atoms with Crippen molar-refractivity contribution in [2.24, 2.45) is 5.92 Å². The number of hydrogen-bond donors (Lipinski definition) is 0. The second kappa shape index (κ2) is 6.62. The van der Waals surface area contributed by atoms with Gasteiger partial charge in [0.1, 0.15) is 0 Å². The summed E-state index contributed by atoms with van der Waals surface area (Å²) in [6.45, 7) is 2.96. The minimum Gasteiger partial charge on any atom is -0.350 e. The van der Waals surface area contributed by atoms with Crippen LogP contribution in [0.2, 0.25) is 0 Å². The molecule has 1 aromatic rings. The van der Waals surface area contributed by atoms with Crippen molar-refractivity contribution in [2.75, 3.05) is 26.3 Å². The van der Waals surface area contributed by atoms with Crippen LogP contribution in [0.1, 0.15) is 47.2 Å². The van der Waals surface area contributed by atoms with Gasteiger partial charge >= 0.3 is 0 Å². The number of piperidine rings is 1. The second-order valence-electron chi connectivity index (χ2n) is 6.95. The lowest BCUT2D eigenvalue weighted by Gasteiger charge is -2.35. The lowest BCUT2D eigenvalue weighted by molar-refractivity contribution is -0.0969. The Morgan fingerprint density at radius 2 is 1.83 bits per heavy atom. The number of fused-ring (bicyclic) bond motifs is 1. The molecule has 3 aliphatic rings. The molecule has 1 aromatic carbocycles. The monoisotopic (exact) mass is 315 g/mol. The molecule has 2 aliphatic heterocycles. The third kappa shape index (κ3) is 3.15. The van der Waals surface area contributed by atoms with Gasteiger partial charge in [0.25, 0.3) is 5.91 Å². The van der Waals surface area contributed by atoms with E-state index >= 15 is 0 Å². The average Bonchev–Trinajstić information content (AvgIpc) is 3.15. The highest BCUT2D eigenvalue weighted by molar-refractivity contribution is 5.94. The first-order valence-electron chi connectivity index (χ1n) is 8.95. The highest BCUT2D eigenvalue weighted by Crippen LogP contribution is 2.27. The molecule has 4 heteroatoms. The van der Waals surface area contributed by atoms with Gasteiger partial charge in [0, 0.05) is 24.6 Å². The molecule has 2 fully saturated rings. The van der Waals surface area contributed by atoms with Gasteiger partial charge in [-0.15, -0.1) is 0 Å². The van der Waals surface area contributed by atoms with E-state index in [0.29, 0.717) is 19.1 Å². The Labute approximate surface area is 137 Å². The molecule has 0 aromatic heterocycles. The van der Waals surface area contributed by atoms with E-state index in [0.717, 1.165) is 44.3 Å². The van der Waals surface area contributed by atoms with Gasteiger partial charge in [-0.3, -0.25) is 4.79 Å². The fourth-order valence-electron chi connectivity index (χ4n) is 4.11. The van der Waals surface area contributed by atoms with Gasteiger partial charge in [0.15, 0.2) is 6.29 Å². The van der Waals surface area contributed by atoms with E-state index in [1.54, 1.807) is 0 Å². The quantitative estimate of drug-likeness (QED) is 0.842. The molecule has 0 saturated carbocycles. The molecule has 124 valence electrons. The number of nitrogens with zero attached hydrogens (tertiary/aromatic N) is 1. The van der Waals surface area contributed by atoms with E-state index < -0.39 is 0 Å². The smallest absolute Gasteiger partial charge is 0.253 e. The fourth-order valence-corrected chi connectivity index (χ4v) is 4.11. The predicted molar refractivity (Wildman–Crippen MR) is 87.4 cm³/mol.